The van der Waals surface area contributed by atoms with Crippen LogP contribution in [0.3, 0.4) is 0 Å². The van der Waals surface area contributed by atoms with Crippen LogP contribution < -0.4 is 16.0 Å². The molecule has 0 aromatic heterocycles. The van der Waals surface area contributed by atoms with Gasteiger partial charge in [0, 0.05) is 96.0 Å². The number of alkyl halides is 6. The summed E-state index contributed by atoms with van der Waals surface area (Å²) >= 11 is 0. The van der Waals surface area contributed by atoms with Gasteiger partial charge in [-0.3, -0.25) is 57.5 Å². The first-order chi connectivity index (χ1) is 51.0. The first-order valence-electron chi connectivity index (χ1n) is 38.7. The Morgan fingerprint density at radius 1 is 0.688 bits per heavy atom. The van der Waals surface area contributed by atoms with Crippen molar-refractivity contribution in [2.75, 3.05) is 96.3 Å². The maximum Gasteiger partial charge on any atom is 0.394 e. The largest absolute Gasteiger partial charge is 0.394 e. The second kappa shape index (κ2) is 37.6. The number of hydrogen-bond acceptors (Lipinski definition) is 14. The zero-order chi connectivity index (χ0) is 81.1. The van der Waals surface area contributed by atoms with Crippen molar-refractivity contribution in [1.82, 2.24) is 60.0 Å². The van der Waals surface area contributed by atoms with Crippen molar-refractivity contribution in [1.29, 1.82) is 0 Å². The van der Waals surface area contributed by atoms with Crippen LogP contribution in [0.15, 0.2) is 12.2 Å². The van der Waals surface area contributed by atoms with Gasteiger partial charge in [0.1, 0.15) is 53.9 Å². The second-order valence-electron chi connectivity index (χ2n) is 32.8. The van der Waals surface area contributed by atoms with Gasteiger partial charge in [0.15, 0.2) is 0 Å². The third-order valence-electron chi connectivity index (χ3n) is 24.2. The average molecular weight is 1550 g/mol. The predicted molar refractivity (Wildman–Crippen MR) is 390 cm³/mol. The van der Waals surface area contributed by atoms with Crippen LogP contribution in [0.2, 0.25) is 0 Å². The fourth-order valence-corrected chi connectivity index (χ4v) is 17.8. The van der Waals surface area contributed by atoms with E-state index in [4.69, 9.17) is 15.9 Å². The first kappa shape index (κ1) is 88.7. The maximum atomic E-state index is 15.8. The Bertz CT molecular complexity index is 3350. The number of amides is 12. The van der Waals surface area contributed by atoms with Crippen molar-refractivity contribution in [3.8, 4) is 12.3 Å². The molecule has 32 heteroatoms. The Balaban J connectivity index is 1.34. The highest BCUT2D eigenvalue weighted by Gasteiger charge is 2.60. The number of ether oxygens (including phenoxy) is 2. The molecule has 6 fully saturated rings. The van der Waals surface area contributed by atoms with Crippen LogP contribution in [0, 0.1) is 53.3 Å². The molecule has 1 spiro atoms. The number of fused-ring (bicyclic) bond motifs is 3. The fraction of sp³-hybridized carbons (Fsp3) is 0.792. The quantitative estimate of drug-likeness (QED) is 0.113. The van der Waals surface area contributed by atoms with E-state index >= 15 is 28.8 Å². The molecule has 109 heavy (non-hydrogen) atoms. The second-order valence-corrected chi connectivity index (χ2v) is 32.8. The first-order valence-corrected chi connectivity index (χ1v) is 38.7. The fourth-order valence-electron chi connectivity index (χ4n) is 17.8. The monoisotopic (exact) mass is 1550 g/mol. The number of likely N-dealkylation sites (N-methyl/N-ethyl adjacent to an activating group) is 7. The minimum atomic E-state index is -4.57. The predicted octanol–water partition coefficient (Wildman–Crippen LogP) is 5.69. The van der Waals surface area contributed by atoms with Gasteiger partial charge in [0.25, 0.3) is 0 Å². The van der Waals surface area contributed by atoms with Crippen molar-refractivity contribution in [2.45, 2.75) is 254 Å². The molecule has 7 aliphatic rings. The van der Waals surface area contributed by atoms with E-state index in [0.29, 0.717) is 32.1 Å². The lowest BCUT2D eigenvalue weighted by Crippen LogP contribution is -2.71. The molecule has 0 radical (unpaired) electrons. The standard InChI is InChI=1S/C77H118F6N12O14/c1-16-24-54-65(99)85-63(46(4)17-2)71(105)89(10)43-62(98)91(12)55-27-20-19-23-36-94(70(55)104)58(37-47-28-32-50(33-29-47)76(78,79)80)69(103)88(9)42-60(96)84-53(35-31-48-30-34-52(77(81,82)83)59(38-48)108-15)67(101)95-41-51(109-18-3)39-56(95)66(100)86-75(44-74(5,6)45-75)73(107)93(14)64(49-25-21-22-26-49)72(106)92(13)57(68(102)87(7)8)40-61(97)90(54)11/h1,19-20,46-59,63-64H,17-18,21-45H2,2-15H3,(H,84,96)(H,85,99)(H,86,100)/b20-19-/t46-,47?,48?,50?,51+,52?,53-,54-,55-,56-,57-,58-,59?,63-,64-/m0/s1. The summed E-state index contributed by atoms with van der Waals surface area (Å²) in [6.45, 7) is 7.28. The Labute approximate surface area is 637 Å². The molecular weight excluding hydrogens is 1430 g/mol. The molecule has 2 bridgehead atoms. The third-order valence-corrected chi connectivity index (χ3v) is 24.2. The summed E-state index contributed by atoms with van der Waals surface area (Å²) in [6.07, 6.45) is -1.17. The maximum absolute atomic E-state index is 15.8. The van der Waals surface area contributed by atoms with Crippen LogP contribution in [0.25, 0.3) is 0 Å². The van der Waals surface area contributed by atoms with Crippen molar-refractivity contribution in [2.24, 2.45) is 40.9 Å². The number of nitrogens with one attached hydrogen (secondary N) is 3. The summed E-state index contributed by atoms with van der Waals surface area (Å²) in [7, 11) is 12.0. The van der Waals surface area contributed by atoms with Crippen LogP contribution in [-0.4, -0.2) is 290 Å². The molecular formula is C77H118F6N12O14. The van der Waals surface area contributed by atoms with E-state index in [-0.39, 0.29) is 116 Å². The number of carbonyl (C=O) groups excluding carboxylic acids is 12. The van der Waals surface area contributed by atoms with Crippen LogP contribution >= 0.6 is 0 Å². The van der Waals surface area contributed by atoms with E-state index in [0.717, 1.165) is 24.5 Å². The van der Waals surface area contributed by atoms with Gasteiger partial charge in [-0.15, -0.1) is 12.3 Å². The molecule has 4 saturated carbocycles. The van der Waals surface area contributed by atoms with Gasteiger partial charge in [0.2, 0.25) is 70.9 Å². The molecule has 12 amide bonds. The SMILES string of the molecule is C#CC[C@H]1C(=O)N[C@@H]([C@@H](C)CC)C(=O)N(C)CC(=O)N(C)[C@H]2C/C=C\CCN(C2=O)[C@@H](CC2CCC(C(F)(F)F)CC2)C(=O)N(C)CC(=O)N[C@@H](CCC2CCC(C(F)(F)F)C(OC)C2)C(=O)N2C[C@H](OCC)C[C@H]2C(=O)NC2(CC(C)(C)C2)C(=O)N(C)[C@@H](C2CCCC2)C(=O)N(C)[C@H](C(=O)N(C)C)CC(=O)N1C. The van der Waals surface area contributed by atoms with Gasteiger partial charge < -0.3 is 69.5 Å². The van der Waals surface area contributed by atoms with E-state index in [2.05, 4.69) is 21.9 Å². The highest BCUT2D eigenvalue weighted by atomic mass is 19.4. The Morgan fingerprint density at radius 2 is 1.32 bits per heavy atom. The molecule has 3 unspecified atom stereocenters. The molecule has 26 nitrogen and oxygen atoms in total. The van der Waals surface area contributed by atoms with E-state index < -0.39 is 216 Å². The Morgan fingerprint density at radius 3 is 1.90 bits per heavy atom. The number of terminal acetylenes is 1. The number of carbonyl (C=O) groups is 12. The molecule has 4 aliphatic carbocycles. The Kier molecular flexibility index (Phi) is 30.6. The Hall–Kier alpha value is -7.56. The minimum Gasteiger partial charge on any atom is -0.381 e. The van der Waals surface area contributed by atoms with Crippen LogP contribution in [-0.2, 0) is 67.0 Å². The van der Waals surface area contributed by atoms with E-state index in [1.807, 2.05) is 13.8 Å². The molecule has 3 heterocycles. The van der Waals surface area contributed by atoms with E-state index in [1.165, 1.54) is 83.1 Å². The van der Waals surface area contributed by atoms with Gasteiger partial charge >= 0.3 is 12.4 Å². The summed E-state index contributed by atoms with van der Waals surface area (Å²) in [5.41, 5.74) is -2.29. The normalized spacial score (nSPS) is 31.5. The molecule has 13 atom stereocenters. The number of methoxy groups -OCH3 is 1. The van der Waals surface area contributed by atoms with Gasteiger partial charge in [-0.25, -0.2) is 0 Å². The topological polar surface area (TPSA) is 289 Å². The van der Waals surface area contributed by atoms with E-state index in [1.54, 1.807) is 32.9 Å². The number of rotatable bonds is 13. The summed E-state index contributed by atoms with van der Waals surface area (Å²) in [5.74, 6) is -12.4. The third kappa shape index (κ3) is 21.6. The summed E-state index contributed by atoms with van der Waals surface area (Å²) < 4.78 is 97.0. The highest BCUT2D eigenvalue weighted by molar-refractivity contribution is 6.01. The molecule has 0 aromatic rings. The number of halogens is 6. The molecule has 2 saturated heterocycles. The molecule has 0 aromatic carbocycles. The number of nitrogens with zero attached hydrogens (tertiary/aromatic N) is 9. The van der Waals surface area contributed by atoms with Crippen LogP contribution in [0.4, 0.5) is 26.3 Å². The van der Waals surface area contributed by atoms with Crippen LogP contribution in [0.1, 0.15) is 176 Å². The molecule has 7 rings (SSSR count). The lowest BCUT2D eigenvalue weighted by molar-refractivity contribution is -0.215. The summed E-state index contributed by atoms with van der Waals surface area (Å²) in [6, 6.07) is -11.3. The zero-order valence-corrected chi connectivity index (χ0v) is 66.1. The summed E-state index contributed by atoms with van der Waals surface area (Å²) in [4.78, 5) is 192. The smallest absolute Gasteiger partial charge is 0.381 e. The lowest BCUT2D eigenvalue weighted by atomic mass is 9.58. The lowest BCUT2D eigenvalue weighted by Gasteiger charge is -2.54. The summed E-state index contributed by atoms with van der Waals surface area (Å²) in [5, 5.41) is 8.58. The molecule has 3 aliphatic heterocycles. The van der Waals surface area contributed by atoms with Gasteiger partial charge in [-0.2, -0.15) is 26.3 Å². The zero-order valence-electron chi connectivity index (χ0n) is 66.1. The van der Waals surface area contributed by atoms with Crippen LogP contribution in [0.5, 0.6) is 0 Å². The van der Waals surface area contributed by atoms with Crippen molar-refractivity contribution in [3.05, 3.63) is 12.2 Å². The van der Waals surface area contributed by atoms with E-state index in [9.17, 15) is 55.1 Å². The van der Waals surface area contributed by atoms with Crippen molar-refractivity contribution < 1.29 is 93.4 Å². The highest BCUT2D eigenvalue weighted by Crippen LogP contribution is 2.50. The minimum absolute atomic E-state index is 0.0257. The van der Waals surface area contributed by atoms with Gasteiger partial charge in [-0.1, -0.05) is 59.1 Å². The number of hydrogen-bond donors (Lipinski definition) is 3. The molecule has 3 N–H and O–H groups in total. The average Bonchev–Trinajstić information content (AvgIpc) is 1.48. The van der Waals surface area contributed by atoms with Gasteiger partial charge in [-0.05, 0) is 139 Å². The van der Waals surface area contributed by atoms with Crippen molar-refractivity contribution in [3.63, 3.8) is 0 Å². The van der Waals surface area contributed by atoms with Crippen molar-refractivity contribution >= 4 is 70.9 Å². The van der Waals surface area contributed by atoms with Gasteiger partial charge in [0.05, 0.1) is 43.6 Å². The molecule has 612 valence electrons.